The summed E-state index contributed by atoms with van der Waals surface area (Å²) in [5.74, 6) is 1.51. The van der Waals surface area contributed by atoms with Gasteiger partial charge in [0.1, 0.15) is 11.5 Å². The number of allylic oxidation sites excluding steroid dienone is 1. The minimum atomic E-state index is -0.113. The average Bonchev–Trinajstić information content (AvgIpc) is 3.20. The second-order valence-electron chi connectivity index (χ2n) is 5.54. The molecular formula is C21H14N2O3. The van der Waals surface area contributed by atoms with Crippen LogP contribution in [-0.4, -0.2) is 15.8 Å². The van der Waals surface area contributed by atoms with Crippen molar-refractivity contribution in [3.05, 3.63) is 90.5 Å². The van der Waals surface area contributed by atoms with Gasteiger partial charge in [0.2, 0.25) is 5.88 Å². The molecule has 5 heteroatoms. The SMILES string of the molecule is O=C(/C=C/c1ccco1)c1ccc(Oc2cnc3ccccc3n2)cc1. The van der Waals surface area contributed by atoms with Crippen LogP contribution in [-0.2, 0) is 0 Å². The van der Waals surface area contributed by atoms with Crippen LogP contribution in [0, 0.1) is 0 Å². The van der Waals surface area contributed by atoms with Crippen LogP contribution in [0.3, 0.4) is 0 Å². The summed E-state index contributed by atoms with van der Waals surface area (Å²) < 4.78 is 10.9. The van der Waals surface area contributed by atoms with Crippen LogP contribution < -0.4 is 4.74 Å². The van der Waals surface area contributed by atoms with E-state index in [0.717, 1.165) is 11.0 Å². The Kier molecular flexibility index (Phi) is 4.26. The van der Waals surface area contributed by atoms with Crippen molar-refractivity contribution in [2.24, 2.45) is 0 Å². The first-order valence-corrected chi connectivity index (χ1v) is 8.03. The fraction of sp³-hybridized carbons (Fsp3) is 0. The topological polar surface area (TPSA) is 65.2 Å². The first-order valence-electron chi connectivity index (χ1n) is 8.03. The molecule has 0 fully saturated rings. The molecule has 0 spiro atoms. The molecule has 0 atom stereocenters. The second kappa shape index (κ2) is 7.03. The van der Waals surface area contributed by atoms with E-state index in [1.54, 1.807) is 54.9 Å². The highest BCUT2D eigenvalue weighted by atomic mass is 16.5. The lowest BCUT2D eigenvalue weighted by atomic mass is 10.1. The highest BCUT2D eigenvalue weighted by Gasteiger charge is 2.05. The van der Waals surface area contributed by atoms with Gasteiger partial charge in [-0.1, -0.05) is 12.1 Å². The van der Waals surface area contributed by atoms with E-state index in [-0.39, 0.29) is 5.78 Å². The Bertz CT molecular complexity index is 1070. The number of para-hydroxylation sites is 2. The molecule has 4 aromatic rings. The molecule has 5 nitrogen and oxygen atoms in total. The minimum Gasteiger partial charge on any atom is -0.465 e. The molecule has 2 aromatic heterocycles. The Labute approximate surface area is 149 Å². The van der Waals surface area contributed by atoms with E-state index in [0.29, 0.717) is 23.0 Å². The summed E-state index contributed by atoms with van der Waals surface area (Å²) in [7, 11) is 0. The zero-order valence-electron chi connectivity index (χ0n) is 13.7. The molecule has 0 N–H and O–H groups in total. The fourth-order valence-corrected chi connectivity index (χ4v) is 2.44. The van der Waals surface area contributed by atoms with Crippen molar-refractivity contribution in [3.8, 4) is 11.6 Å². The van der Waals surface area contributed by atoms with Gasteiger partial charge in [0, 0.05) is 5.56 Å². The van der Waals surface area contributed by atoms with Gasteiger partial charge in [-0.05, 0) is 60.7 Å². The number of benzene rings is 2. The molecule has 2 heterocycles. The number of nitrogens with zero attached hydrogens (tertiary/aromatic N) is 2. The van der Waals surface area contributed by atoms with E-state index in [2.05, 4.69) is 9.97 Å². The number of carbonyl (C=O) groups is 1. The zero-order chi connectivity index (χ0) is 17.8. The first kappa shape index (κ1) is 15.8. The number of rotatable bonds is 5. The van der Waals surface area contributed by atoms with Crippen molar-refractivity contribution in [3.63, 3.8) is 0 Å². The summed E-state index contributed by atoms with van der Waals surface area (Å²) in [6, 6.07) is 18.0. The first-order chi connectivity index (χ1) is 12.8. The number of fused-ring (bicyclic) bond motifs is 1. The molecule has 0 aliphatic heterocycles. The molecule has 0 bridgehead atoms. The molecule has 126 valence electrons. The molecule has 26 heavy (non-hydrogen) atoms. The Balaban J connectivity index is 1.47. The number of ketones is 1. The number of hydrogen-bond donors (Lipinski definition) is 0. The van der Waals surface area contributed by atoms with Crippen LogP contribution in [0.25, 0.3) is 17.1 Å². The van der Waals surface area contributed by atoms with Gasteiger partial charge in [-0.2, -0.15) is 0 Å². The molecule has 4 rings (SSSR count). The average molecular weight is 342 g/mol. The summed E-state index contributed by atoms with van der Waals surface area (Å²) in [4.78, 5) is 20.9. The largest absolute Gasteiger partial charge is 0.465 e. The molecule has 0 saturated carbocycles. The third kappa shape index (κ3) is 3.52. The molecule has 0 radical (unpaired) electrons. The molecule has 0 unspecified atom stereocenters. The van der Waals surface area contributed by atoms with Crippen molar-refractivity contribution < 1.29 is 13.9 Å². The van der Waals surface area contributed by atoms with Crippen molar-refractivity contribution in [2.75, 3.05) is 0 Å². The Morgan fingerprint density at radius 1 is 0.962 bits per heavy atom. The van der Waals surface area contributed by atoms with Crippen molar-refractivity contribution in [1.82, 2.24) is 9.97 Å². The number of hydrogen-bond acceptors (Lipinski definition) is 5. The maximum atomic E-state index is 12.2. The van der Waals surface area contributed by atoms with Crippen LogP contribution in [0.15, 0.2) is 83.6 Å². The summed E-state index contributed by atoms with van der Waals surface area (Å²) in [5, 5.41) is 0. The van der Waals surface area contributed by atoms with Crippen LogP contribution >= 0.6 is 0 Å². The predicted octanol–water partition coefficient (Wildman–Crippen LogP) is 4.91. The molecule has 0 aliphatic carbocycles. The second-order valence-corrected chi connectivity index (χ2v) is 5.54. The smallest absolute Gasteiger partial charge is 0.238 e. The van der Waals surface area contributed by atoms with Gasteiger partial charge >= 0.3 is 0 Å². The van der Waals surface area contributed by atoms with Gasteiger partial charge in [0.15, 0.2) is 5.78 Å². The Morgan fingerprint density at radius 2 is 1.77 bits per heavy atom. The lowest BCUT2D eigenvalue weighted by Gasteiger charge is -2.05. The predicted molar refractivity (Wildman–Crippen MR) is 98.1 cm³/mol. The number of ether oxygens (including phenoxy) is 1. The van der Waals surface area contributed by atoms with Crippen molar-refractivity contribution in [2.45, 2.75) is 0 Å². The van der Waals surface area contributed by atoms with Gasteiger partial charge in [0.05, 0.1) is 23.5 Å². The van der Waals surface area contributed by atoms with Gasteiger partial charge in [-0.15, -0.1) is 0 Å². The van der Waals surface area contributed by atoms with E-state index in [9.17, 15) is 4.79 Å². The van der Waals surface area contributed by atoms with Crippen LogP contribution in [0.1, 0.15) is 16.1 Å². The number of carbonyl (C=O) groups excluding carboxylic acids is 1. The monoisotopic (exact) mass is 342 g/mol. The van der Waals surface area contributed by atoms with Gasteiger partial charge in [-0.25, -0.2) is 9.97 Å². The lowest BCUT2D eigenvalue weighted by Crippen LogP contribution is -1.95. The molecule has 0 saturated heterocycles. The van der Waals surface area contributed by atoms with E-state index in [1.165, 1.54) is 6.08 Å². The van der Waals surface area contributed by atoms with Crippen molar-refractivity contribution >= 4 is 22.9 Å². The van der Waals surface area contributed by atoms with E-state index < -0.39 is 0 Å². The maximum absolute atomic E-state index is 12.2. The third-order valence-electron chi connectivity index (χ3n) is 3.73. The zero-order valence-corrected chi connectivity index (χ0v) is 13.7. The van der Waals surface area contributed by atoms with Crippen LogP contribution in [0.5, 0.6) is 11.6 Å². The fourth-order valence-electron chi connectivity index (χ4n) is 2.44. The molecule has 0 amide bonds. The number of furan rings is 1. The van der Waals surface area contributed by atoms with Crippen LogP contribution in [0.4, 0.5) is 0 Å². The summed E-state index contributed by atoms with van der Waals surface area (Å²) in [5.41, 5.74) is 2.13. The van der Waals surface area contributed by atoms with Gasteiger partial charge in [0.25, 0.3) is 0 Å². The van der Waals surface area contributed by atoms with E-state index >= 15 is 0 Å². The third-order valence-corrected chi connectivity index (χ3v) is 3.73. The summed E-state index contributed by atoms with van der Waals surface area (Å²) in [6.45, 7) is 0. The maximum Gasteiger partial charge on any atom is 0.238 e. The standard InChI is InChI=1S/C21H14N2O3/c24-20(12-11-16-4-3-13-25-16)15-7-9-17(10-8-15)26-21-14-22-18-5-1-2-6-19(18)23-21/h1-14H/b12-11+. The highest BCUT2D eigenvalue weighted by molar-refractivity contribution is 6.06. The number of aromatic nitrogens is 2. The normalized spacial score (nSPS) is 11.1. The summed E-state index contributed by atoms with van der Waals surface area (Å²) in [6.07, 6.45) is 6.25. The van der Waals surface area contributed by atoms with E-state index in [1.807, 2.05) is 24.3 Å². The lowest BCUT2D eigenvalue weighted by molar-refractivity contribution is 0.104. The van der Waals surface area contributed by atoms with Gasteiger partial charge in [-0.3, -0.25) is 4.79 Å². The Morgan fingerprint density at radius 3 is 2.54 bits per heavy atom. The van der Waals surface area contributed by atoms with Gasteiger partial charge < -0.3 is 9.15 Å². The molecule has 2 aromatic carbocycles. The molecular weight excluding hydrogens is 328 g/mol. The minimum absolute atomic E-state index is 0.113. The van der Waals surface area contributed by atoms with E-state index in [4.69, 9.17) is 9.15 Å². The summed E-state index contributed by atoms with van der Waals surface area (Å²) >= 11 is 0. The highest BCUT2D eigenvalue weighted by Crippen LogP contribution is 2.21. The van der Waals surface area contributed by atoms with Crippen LogP contribution in [0.2, 0.25) is 0 Å². The quantitative estimate of drug-likeness (QED) is 0.381. The Hall–Kier alpha value is -3.73. The van der Waals surface area contributed by atoms with Crippen molar-refractivity contribution in [1.29, 1.82) is 0 Å². The molecule has 0 aliphatic rings.